The lowest BCUT2D eigenvalue weighted by atomic mass is 9.84. The molecule has 0 atom stereocenters. The van der Waals surface area contributed by atoms with Gasteiger partial charge in [0.25, 0.3) is 0 Å². The average molecular weight is 606 g/mol. The van der Waals surface area contributed by atoms with Crippen molar-refractivity contribution >= 4 is 21.5 Å². The monoisotopic (exact) mass is 606 g/mol. The van der Waals surface area contributed by atoms with E-state index in [2.05, 4.69) is 9.47 Å². The fraction of sp³-hybridized carbons (Fsp3) is 0.0714. The van der Waals surface area contributed by atoms with Crippen molar-refractivity contribution in [1.82, 2.24) is 0 Å². The number of hydrogen-bond donors (Lipinski definition) is 0. The summed E-state index contributed by atoms with van der Waals surface area (Å²) in [7, 11) is 1.28. The lowest BCUT2D eigenvalue weighted by Crippen LogP contribution is -2.09. The van der Waals surface area contributed by atoms with Gasteiger partial charge in [0.05, 0.1) is 25.3 Å². The zero-order valence-electron chi connectivity index (χ0n) is 20.7. The van der Waals surface area contributed by atoms with Gasteiger partial charge in [-0.3, -0.25) is 0 Å². The zero-order valence-corrected chi connectivity index (χ0v) is 20.7. The maximum Gasteiger partial charge on any atom is 0.204 e. The van der Waals surface area contributed by atoms with Crippen molar-refractivity contribution in [2.24, 2.45) is 0 Å². The Morgan fingerprint density at radius 3 is 0.905 bits per heavy atom. The van der Waals surface area contributed by atoms with Gasteiger partial charge in [0.15, 0.2) is 58.0 Å². The van der Waals surface area contributed by atoms with Crippen LogP contribution < -0.4 is 9.47 Å². The predicted molar refractivity (Wildman–Crippen MR) is 125 cm³/mol. The third-order valence-electron chi connectivity index (χ3n) is 6.59. The first-order valence-corrected chi connectivity index (χ1v) is 11.3. The van der Waals surface area contributed by atoms with Crippen LogP contribution >= 0.6 is 0 Å². The SMILES string of the molecule is COc1c(F)c(F)c(-c2c3ccccc3c(-c3c(F)c(F)c(OC)c(F)c3F)c3c(F)c(F)c(F)c(F)c23)c(F)c1F. The second-order valence-electron chi connectivity index (χ2n) is 8.63. The number of halogens is 12. The summed E-state index contributed by atoms with van der Waals surface area (Å²) in [5, 5.41) is -4.95. The van der Waals surface area contributed by atoms with Gasteiger partial charge in [-0.25, -0.2) is 35.1 Å². The maximum absolute atomic E-state index is 15.5. The van der Waals surface area contributed by atoms with Gasteiger partial charge in [-0.1, -0.05) is 24.3 Å². The molecular formula is C28H10F12O2. The van der Waals surface area contributed by atoms with Gasteiger partial charge in [0.1, 0.15) is 0 Å². The molecule has 0 heterocycles. The molecule has 0 aliphatic heterocycles. The molecule has 5 aromatic carbocycles. The Labute approximate surface area is 226 Å². The molecule has 0 aliphatic carbocycles. The molecule has 0 amide bonds. The van der Waals surface area contributed by atoms with Crippen molar-refractivity contribution in [2.45, 2.75) is 0 Å². The van der Waals surface area contributed by atoms with E-state index in [4.69, 9.17) is 0 Å². The van der Waals surface area contributed by atoms with E-state index in [9.17, 15) is 26.3 Å². The predicted octanol–water partition coefficient (Wildman–Crippen LogP) is 9.01. The van der Waals surface area contributed by atoms with Crippen molar-refractivity contribution in [3.8, 4) is 33.8 Å². The van der Waals surface area contributed by atoms with E-state index >= 15 is 26.3 Å². The minimum atomic E-state index is -2.61. The molecule has 5 rings (SSSR count). The molecule has 42 heavy (non-hydrogen) atoms. The van der Waals surface area contributed by atoms with Crippen LogP contribution in [0.2, 0.25) is 0 Å². The first-order chi connectivity index (χ1) is 19.8. The maximum atomic E-state index is 15.5. The highest BCUT2D eigenvalue weighted by Crippen LogP contribution is 2.50. The van der Waals surface area contributed by atoms with Crippen LogP contribution in [-0.2, 0) is 0 Å². The summed E-state index contributed by atoms with van der Waals surface area (Å²) in [5.41, 5.74) is -6.25. The molecule has 2 nitrogen and oxygen atoms in total. The largest absolute Gasteiger partial charge is 0.491 e. The van der Waals surface area contributed by atoms with Crippen LogP contribution in [0.1, 0.15) is 0 Å². The highest BCUT2D eigenvalue weighted by molar-refractivity contribution is 6.22. The van der Waals surface area contributed by atoms with Crippen LogP contribution in [0, 0.1) is 69.8 Å². The normalized spacial score (nSPS) is 11.6. The van der Waals surface area contributed by atoms with Gasteiger partial charge in [0, 0.05) is 21.9 Å². The van der Waals surface area contributed by atoms with Gasteiger partial charge < -0.3 is 9.47 Å². The van der Waals surface area contributed by atoms with Crippen molar-refractivity contribution < 1.29 is 62.2 Å². The van der Waals surface area contributed by atoms with Gasteiger partial charge in [0.2, 0.25) is 23.3 Å². The van der Waals surface area contributed by atoms with E-state index in [1.54, 1.807) is 0 Å². The summed E-state index contributed by atoms with van der Waals surface area (Å²) >= 11 is 0. The minimum Gasteiger partial charge on any atom is -0.491 e. The molecule has 0 aromatic heterocycles. The Balaban J connectivity index is 2.19. The second-order valence-corrected chi connectivity index (χ2v) is 8.63. The van der Waals surface area contributed by atoms with Crippen LogP contribution in [0.25, 0.3) is 43.8 Å². The van der Waals surface area contributed by atoms with Crippen molar-refractivity contribution in [2.75, 3.05) is 14.2 Å². The quantitative estimate of drug-likeness (QED) is 0.0880. The first-order valence-electron chi connectivity index (χ1n) is 11.3. The Bertz CT molecular complexity index is 1790. The zero-order chi connectivity index (χ0) is 30.9. The molecule has 0 saturated heterocycles. The molecule has 0 radical (unpaired) electrons. The standard InChI is InChI=1S/C28H10F12O2/c1-41-27-23(37)17(31)13(18(32)24(27)38)9-7-5-3-4-6-8(7)10(12-11(9)15(29)21(35)22(36)16(12)30)14-19(33)25(39)28(42-2)26(40)20(14)34/h3-6H,1-2H3. The van der Waals surface area contributed by atoms with E-state index in [0.717, 1.165) is 24.3 Å². The third-order valence-corrected chi connectivity index (χ3v) is 6.59. The number of ether oxygens (including phenoxy) is 2. The lowest BCUT2D eigenvalue weighted by molar-refractivity contribution is 0.334. The van der Waals surface area contributed by atoms with Gasteiger partial charge >= 0.3 is 0 Å². The molecule has 0 aliphatic rings. The number of methoxy groups -OCH3 is 2. The van der Waals surface area contributed by atoms with Gasteiger partial charge in [-0.05, 0) is 10.8 Å². The summed E-state index contributed by atoms with van der Waals surface area (Å²) in [6.07, 6.45) is 0. The van der Waals surface area contributed by atoms with Crippen molar-refractivity contribution in [3.05, 3.63) is 94.1 Å². The fourth-order valence-electron chi connectivity index (χ4n) is 4.83. The smallest absolute Gasteiger partial charge is 0.204 e. The van der Waals surface area contributed by atoms with E-state index < -0.39 is 125 Å². The highest BCUT2D eigenvalue weighted by atomic mass is 19.2. The van der Waals surface area contributed by atoms with E-state index in [1.807, 2.05) is 0 Å². The molecule has 0 saturated carbocycles. The van der Waals surface area contributed by atoms with Gasteiger partial charge in [-0.15, -0.1) is 0 Å². The van der Waals surface area contributed by atoms with E-state index in [-0.39, 0.29) is 0 Å². The van der Waals surface area contributed by atoms with Crippen LogP contribution in [0.4, 0.5) is 52.7 Å². The topological polar surface area (TPSA) is 18.5 Å². The summed E-state index contributed by atoms with van der Waals surface area (Å²) in [4.78, 5) is 0. The lowest BCUT2D eigenvalue weighted by Gasteiger charge is -2.21. The van der Waals surface area contributed by atoms with Crippen LogP contribution in [0.15, 0.2) is 24.3 Å². The first kappa shape index (κ1) is 28.9. The van der Waals surface area contributed by atoms with Crippen molar-refractivity contribution in [3.63, 3.8) is 0 Å². The highest BCUT2D eigenvalue weighted by Gasteiger charge is 2.36. The Kier molecular flexibility index (Phi) is 6.90. The van der Waals surface area contributed by atoms with Gasteiger partial charge in [-0.2, -0.15) is 17.6 Å². The molecule has 218 valence electrons. The fourth-order valence-corrected chi connectivity index (χ4v) is 4.83. The third kappa shape index (κ3) is 3.70. The molecular weight excluding hydrogens is 596 g/mol. The average Bonchev–Trinajstić information content (AvgIpc) is 2.98. The number of rotatable bonds is 4. The summed E-state index contributed by atoms with van der Waals surface area (Å²) in [6, 6.07) is 3.72. The number of fused-ring (bicyclic) bond motifs is 2. The van der Waals surface area contributed by atoms with Crippen molar-refractivity contribution in [1.29, 1.82) is 0 Å². The Morgan fingerprint density at radius 2 is 0.643 bits per heavy atom. The molecule has 0 N–H and O–H groups in total. The van der Waals surface area contributed by atoms with E-state index in [1.165, 1.54) is 0 Å². The molecule has 0 unspecified atom stereocenters. The summed E-state index contributed by atoms with van der Waals surface area (Å²) < 4.78 is 189. The van der Waals surface area contributed by atoms with Crippen LogP contribution in [0.5, 0.6) is 11.5 Å². The molecule has 5 aromatic rings. The summed E-state index contributed by atoms with van der Waals surface area (Å²) in [6.45, 7) is 0. The van der Waals surface area contributed by atoms with Crippen LogP contribution in [0.3, 0.4) is 0 Å². The van der Waals surface area contributed by atoms with Crippen LogP contribution in [-0.4, -0.2) is 14.2 Å². The van der Waals surface area contributed by atoms with E-state index in [0.29, 0.717) is 14.2 Å². The Hall–Kier alpha value is -4.62. The number of benzene rings is 5. The minimum absolute atomic E-state index is 0.642. The molecule has 0 spiro atoms. The second kappa shape index (κ2) is 10.0. The number of hydrogen-bond acceptors (Lipinski definition) is 2. The summed E-state index contributed by atoms with van der Waals surface area (Å²) in [5.74, 6) is -31.0. The Morgan fingerprint density at radius 1 is 0.357 bits per heavy atom. The molecule has 14 heteroatoms. The molecule has 0 bridgehead atoms. The molecule has 0 fully saturated rings.